The van der Waals surface area contributed by atoms with Gasteiger partial charge in [-0.05, 0) is 64.0 Å². The summed E-state index contributed by atoms with van der Waals surface area (Å²) in [6.45, 7) is 10.9. The van der Waals surface area contributed by atoms with Crippen LogP contribution in [-0.4, -0.2) is 27.7 Å². The molecule has 1 aromatic heterocycles. The minimum absolute atomic E-state index is 0.0552. The molecular formula is C21H25N5O2. The van der Waals surface area contributed by atoms with Gasteiger partial charge in [0.2, 0.25) is 5.82 Å². The highest BCUT2D eigenvalue weighted by molar-refractivity contribution is 5.88. The molecule has 0 spiro atoms. The summed E-state index contributed by atoms with van der Waals surface area (Å²) in [7, 11) is 0. The number of benzene rings is 1. The molecule has 0 saturated heterocycles. The Hall–Kier alpha value is -3.22. The molecule has 1 aliphatic rings. The quantitative estimate of drug-likeness (QED) is 0.456. The van der Waals surface area contributed by atoms with E-state index in [2.05, 4.69) is 73.2 Å². The monoisotopic (exact) mass is 379 g/mol. The molecule has 0 radical (unpaired) electrons. The van der Waals surface area contributed by atoms with Gasteiger partial charge in [-0.15, -0.1) is 0 Å². The topological polar surface area (TPSA) is 83.7 Å². The average Bonchev–Trinajstić information content (AvgIpc) is 2.61. The molecule has 0 bridgehead atoms. The van der Waals surface area contributed by atoms with Crippen LogP contribution in [-0.2, 0) is 0 Å². The lowest BCUT2D eigenvalue weighted by molar-refractivity contribution is -0.384. The van der Waals surface area contributed by atoms with Crippen LogP contribution >= 0.6 is 0 Å². The van der Waals surface area contributed by atoms with Crippen molar-refractivity contribution in [3.63, 3.8) is 0 Å². The number of hydrogen-bond acceptors (Lipinski definition) is 6. The molecule has 1 aromatic carbocycles. The van der Waals surface area contributed by atoms with Crippen molar-refractivity contribution in [1.82, 2.24) is 4.98 Å². The molecule has 2 aromatic rings. The van der Waals surface area contributed by atoms with E-state index in [0.29, 0.717) is 6.04 Å². The molecule has 0 fully saturated rings. The Kier molecular flexibility index (Phi) is 5.18. The van der Waals surface area contributed by atoms with Gasteiger partial charge in [-0.2, -0.15) is 5.10 Å². The van der Waals surface area contributed by atoms with E-state index in [4.69, 9.17) is 0 Å². The number of anilines is 2. The fourth-order valence-corrected chi connectivity index (χ4v) is 3.89. The smallest absolute Gasteiger partial charge is 0.313 e. The maximum Gasteiger partial charge on any atom is 0.313 e. The van der Waals surface area contributed by atoms with E-state index in [1.54, 1.807) is 6.21 Å². The summed E-state index contributed by atoms with van der Waals surface area (Å²) < 4.78 is 0. The average molecular weight is 379 g/mol. The zero-order valence-electron chi connectivity index (χ0n) is 16.8. The first-order valence-electron chi connectivity index (χ1n) is 9.22. The summed E-state index contributed by atoms with van der Waals surface area (Å²) in [6.07, 6.45) is 5.41. The Morgan fingerprint density at radius 3 is 2.75 bits per heavy atom. The van der Waals surface area contributed by atoms with Gasteiger partial charge in [0.05, 0.1) is 16.7 Å². The largest absolute Gasteiger partial charge is 0.360 e. The van der Waals surface area contributed by atoms with Gasteiger partial charge < -0.3 is 4.90 Å². The van der Waals surface area contributed by atoms with Crippen LogP contribution in [0.5, 0.6) is 0 Å². The predicted octanol–water partition coefficient (Wildman–Crippen LogP) is 4.85. The maximum atomic E-state index is 11.1. The van der Waals surface area contributed by atoms with Crippen molar-refractivity contribution < 1.29 is 4.92 Å². The second-order valence-electron chi connectivity index (χ2n) is 7.72. The first-order chi connectivity index (χ1) is 13.2. The first kappa shape index (κ1) is 19.5. The Bertz CT molecular complexity index is 963. The molecule has 0 amide bonds. The Morgan fingerprint density at radius 1 is 1.32 bits per heavy atom. The Morgan fingerprint density at radius 2 is 2.07 bits per heavy atom. The van der Waals surface area contributed by atoms with Gasteiger partial charge in [-0.25, -0.2) is 4.98 Å². The van der Waals surface area contributed by atoms with Gasteiger partial charge in [-0.1, -0.05) is 12.1 Å². The van der Waals surface area contributed by atoms with Crippen LogP contribution in [0.3, 0.4) is 0 Å². The standard InChI is InChI=1S/C21H25N5O2/c1-14(2)25-18-9-8-16(11-17(18)15(3)12-21(25,4)5)13-23-24-20-19(26(27)28)7-6-10-22-20/h6-14H,1-5H3,(H,22,24)/b23-13+. The zero-order valence-corrected chi connectivity index (χ0v) is 16.8. The summed E-state index contributed by atoms with van der Waals surface area (Å²) in [5, 5.41) is 15.2. The third kappa shape index (κ3) is 3.74. The number of nitro groups is 1. The maximum absolute atomic E-state index is 11.1. The number of nitrogens with zero attached hydrogens (tertiary/aromatic N) is 4. The molecule has 0 aliphatic carbocycles. The van der Waals surface area contributed by atoms with Crippen LogP contribution in [0.25, 0.3) is 5.57 Å². The van der Waals surface area contributed by atoms with E-state index in [0.717, 1.165) is 5.56 Å². The van der Waals surface area contributed by atoms with E-state index in [1.165, 1.54) is 35.2 Å². The normalized spacial score (nSPS) is 15.5. The van der Waals surface area contributed by atoms with Crippen molar-refractivity contribution in [1.29, 1.82) is 0 Å². The fraction of sp³-hybridized carbons (Fsp3) is 0.333. The molecule has 3 rings (SSSR count). The Balaban J connectivity index is 1.88. The van der Waals surface area contributed by atoms with Gasteiger partial charge in [0.1, 0.15) is 0 Å². The number of pyridine rings is 1. The highest BCUT2D eigenvalue weighted by Crippen LogP contribution is 2.40. The molecule has 0 atom stereocenters. The summed E-state index contributed by atoms with van der Waals surface area (Å²) in [4.78, 5) is 17.0. The zero-order chi connectivity index (χ0) is 20.5. The third-order valence-corrected chi connectivity index (χ3v) is 4.78. The van der Waals surface area contributed by atoms with E-state index >= 15 is 0 Å². The van der Waals surface area contributed by atoms with Gasteiger partial charge >= 0.3 is 5.69 Å². The first-order valence-corrected chi connectivity index (χ1v) is 9.22. The fourth-order valence-electron chi connectivity index (χ4n) is 3.89. The second kappa shape index (κ2) is 7.42. The van der Waals surface area contributed by atoms with Gasteiger partial charge in [0, 0.05) is 29.6 Å². The van der Waals surface area contributed by atoms with Crippen molar-refractivity contribution in [3.05, 3.63) is 63.8 Å². The van der Waals surface area contributed by atoms with Crippen LogP contribution in [0, 0.1) is 10.1 Å². The van der Waals surface area contributed by atoms with Crippen molar-refractivity contribution in [2.75, 3.05) is 10.3 Å². The molecular weight excluding hydrogens is 354 g/mol. The summed E-state index contributed by atoms with van der Waals surface area (Å²) >= 11 is 0. The number of hydrazone groups is 1. The highest BCUT2D eigenvalue weighted by Gasteiger charge is 2.32. The van der Waals surface area contributed by atoms with E-state index < -0.39 is 4.92 Å². The lowest BCUT2D eigenvalue weighted by Crippen LogP contribution is -2.49. The van der Waals surface area contributed by atoms with Crippen molar-refractivity contribution in [2.24, 2.45) is 5.10 Å². The highest BCUT2D eigenvalue weighted by atomic mass is 16.6. The number of nitrogens with one attached hydrogen (secondary N) is 1. The molecule has 28 heavy (non-hydrogen) atoms. The minimum Gasteiger partial charge on any atom is -0.360 e. The molecule has 1 aliphatic heterocycles. The summed E-state index contributed by atoms with van der Waals surface area (Å²) in [6, 6.07) is 9.47. The second-order valence-corrected chi connectivity index (χ2v) is 7.72. The molecule has 0 unspecified atom stereocenters. The van der Waals surface area contributed by atoms with Crippen LogP contribution in [0.1, 0.15) is 45.7 Å². The van der Waals surface area contributed by atoms with Crippen LogP contribution in [0.15, 0.2) is 47.7 Å². The van der Waals surface area contributed by atoms with Crippen molar-refractivity contribution in [3.8, 4) is 0 Å². The number of allylic oxidation sites excluding steroid dienone is 1. The summed E-state index contributed by atoms with van der Waals surface area (Å²) in [5.74, 6) is 0.116. The SMILES string of the molecule is CC1=CC(C)(C)N(C(C)C)c2ccc(/C=N/Nc3ncccc3[N+](=O)[O-])cc21. The van der Waals surface area contributed by atoms with Crippen LogP contribution in [0.2, 0.25) is 0 Å². The third-order valence-electron chi connectivity index (χ3n) is 4.78. The van der Waals surface area contributed by atoms with Crippen molar-refractivity contribution >= 4 is 29.0 Å². The molecule has 2 heterocycles. The molecule has 0 saturated carbocycles. The van der Waals surface area contributed by atoms with E-state index in [-0.39, 0.29) is 17.0 Å². The van der Waals surface area contributed by atoms with Crippen LogP contribution < -0.4 is 10.3 Å². The van der Waals surface area contributed by atoms with Gasteiger partial charge in [0.25, 0.3) is 0 Å². The van der Waals surface area contributed by atoms with E-state index in [1.807, 2.05) is 6.07 Å². The van der Waals surface area contributed by atoms with Gasteiger partial charge in [0.15, 0.2) is 0 Å². The molecule has 7 heteroatoms. The van der Waals surface area contributed by atoms with Crippen LogP contribution in [0.4, 0.5) is 17.2 Å². The lowest BCUT2D eigenvalue weighted by Gasteiger charge is -2.46. The number of aromatic nitrogens is 1. The Labute approximate surface area is 164 Å². The predicted molar refractivity (Wildman–Crippen MR) is 114 cm³/mol. The molecule has 1 N–H and O–H groups in total. The minimum atomic E-state index is -0.486. The number of rotatable bonds is 5. The van der Waals surface area contributed by atoms with Crippen molar-refractivity contribution in [2.45, 2.75) is 46.2 Å². The van der Waals surface area contributed by atoms with Gasteiger partial charge in [-0.3, -0.25) is 15.5 Å². The van der Waals surface area contributed by atoms with E-state index in [9.17, 15) is 10.1 Å². The lowest BCUT2D eigenvalue weighted by atomic mass is 9.87. The number of hydrogen-bond donors (Lipinski definition) is 1. The number of fused-ring (bicyclic) bond motifs is 1. The molecule has 7 nitrogen and oxygen atoms in total. The summed E-state index contributed by atoms with van der Waals surface area (Å²) in [5.41, 5.74) is 6.99. The molecule has 146 valence electrons.